The zero-order valence-electron chi connectivity index (χ0n) is 10.8. The maximum absolute atomic E-state index is 6.07. The van der Waals surface area contributed by atoms with Crippen LogP contribution in [-0.2, 0) is 6.42 Å². The molecule has 0 bridgehead atoms. The summed E-state index contributed by atoms with van der Waals surface area (Å²) in [6.07, 6.45) is 7.43. The van der Waals surface area contributed by atoms with Gasteiger partial charge < -0.3 is 5.32 Å². The highest BCUT2D eigenvalue weighted by Gasteiger charge is 2.41. The van der Waals surface area contributed by atoms with Gasteiger partial charge in [-0.25, -0.2) is 9.97 Å². The van der Waals surface area contributed by atoms with Crippen LogP contribution in [0.4, 0.5) is 5.82 Å². The lowest BCUT2D eigenvalue weighted by Gasteiger charge is -2.18. The smallest absolute Gasteiger partial charge is 0.134 e. The van der Waals surface area contributed by atoms with Gasteiger partial charge in [-0.15, -0.1) is 0 Å². The minimum atomic E-state index is 0.557. The lowest BCUT2D eigenvalue weighted by molar-refractivity contribution is 0.565. The quantitative estimate of drug-likeness (QED) is 0.798. The van der Waals surface area contributed by atoms with Crippen LogP contribution in [0.25, 0.3) is 0 Å². The average molecular weight is 266 g/mol. The van der Waals surface area contributed by atoms with Gasteiger partial charge in [0, 0.05) is 18.5 Å². The molecule has 4 heteroatoms. The van der Waals surface area contributed by atoms with Gasteiger partial charge in [-0.1, -0.05) is 18.5 Å². The Hall–Kier alpha value is -0.830. The lowest BCUT2D eigenvalue weighted by Crippen LogP contribution is -2.25. The Labute approximate surface area is 113 Å². The first kappa shape index (κ1) is 12.2. The van der Waals surface area contributed by atoms with Crippen LogP contribution >= 0.6 is 11.6 Å². The van der Waals surface area contributed by atoms with Gasteiger partial charge in [0.15, 0.2) is 0 Å². The van der Waals surface area contributed by atoms with Crippen LogP contribution < -0.4 is 5.32 Å². The molecular weight excluding hydrogens is 246 g/mol. The highest BCUT2D eigenvalue weighted by molar-refractivity contribution is 6.29. The van der Waals surface area contributed by atoms with Gasteiger partial charge >= 0.3 is 0 Å². The second kappa shape index (κ2) is 5.04. The molecule has 0 saturated heterocycles. The summed E-state index contributed by atoms with van der Waals surface area (Å²) in [5, 5.41) is 4.16. The summed E-state index contributed by atoms with van der Waals surface area (Å²) in [4.78, 5) is 8.84. The molecule has 2 aliphatic rings. The van der Waals surface area contributed by atoms with E-state index in [0.717, 1.165) is 36.3 Å². The molecule has 1 N–H and O–H groups in total. The molecule has 98 valence electrons. The molecule has 2 aliphatic carbocycles. The van der Waals surface area contributed by atoms with E-state index in [1.807, 2.05) is 6.07 Å². The molecule has 0 radical (unpaired) electrons. The fourth-order valence-corrected chi connectivity index (χ4v) is 2.78. The number of aromatic nitrogens is 2. The van der Waals surface area contributed by atoms with E-state index in [4.69, 9.17) is 11.6 Å². The molecule has 1 heterocycles. The molecule has 18 heavy (non-hydrogen) atoms. The molecule has 0 amide bonds. The van der Waals surface area contributed by atoms with Crippen LogP contribution in [0.1, 0.15) is 44.9 Å². The average Bonchev–Trinajstić information content (AvgIpc) is 3.18. The number of nitrogens with zero attached hydrogens (tertiary/aromatic N) is 2. The number of halogens is 1. The second-order valence-electron chi connectivity index (χ2n) is 5.59. The minimum absolute atomic E-state index is 0.557. The predicted octanol–water partition coefficient (Wildman–Crippen LogP) is 3.68. The molecule has 3 nitrogen and oxygen atoms in total. The normalized spacial score (nSPS) is 19.3. The zero-order chi connectivity index (χ0) is 12.5. The molecule has 0 aromatic carbocycles. The lowest BCUT2D eigenvalue weighted by atomic mass is 10.1. The molecule has 0 atom stereocenters. The molecule has 2 fully saturated rings. The summed E-state index contributed by atoms with van der Waals surface area (Å²) >= 11 is 6.07. The van der Waals surface area contributed by atoms with E-state index in [2.05, 4.69) is 22.2 Å². The highest BCUT2D eigenvalue weighted by atomic mass is 35.5. The summed E-state index contributed by atoms with van der Waals surface area (Å²) < 4.78 is 0. The van der Waals surface area contributed by atoms with Crippen LogP contribution in [0.5, 0.6) is 0 Å². The molecule has 0 spiro atoms. The molecule has 0 aliphatic heterocycles. The van der Waals surface area contributed by atoms with Gasteiger partial charge in [-0.05, 0) is 43.9 Å². The van der Waals surface area contributed by atoms with E-state index in [0.29, 0.717) is 11.2 Å². The van der Waals surface area contributed by atoms with Crippen molar-refractivity contribution in [3.8, 4) is 0 Å². The third-order valence-corrected chi connectivity index (χ3v) is 3.98. The molecular formula is C14H20ClN3. The van der Waals surface area contributed by atoms with E-state index in [1.165, 1.54) is 25.7 Å². The highest BCUT2D eigenvalue weighted by Crippen LogP contribution is 2.45. The number of rotatable bonds is 6. The Morgan fingerprint density at radius 1 is 1.28 bits per heavy atom. The summed E-state index contributed by atoms with van der Waals surface area (Å²) in [7, 11) is 0. The minimum Gasteiger partial charge on any atom is -0.367 e. The van der Waals surface area contributed by atoms with Gasteiger partial charge in [0.2, 0.25) is 0 Å². The topological polar surface area (TPSA) is 37.8 Å². The zero-order valence-corrected chi connectivity index (χ0v) is 11.6. The van der Waals surface area contributed by atoms with Crippen molar-refractivity contribution in [3.63, 3.8) is 0 Å². The van der Waals surface area contributed by atoms with Crippen LogP contribution in [0.15, 0.2) is 6.07 Å². The number of nitrogens with one attached hydrogen (secondary N) is 1. The van der Waals surface area contributed by atoms with Gasteiger partial charge in [0.25, 0.3) is 0 Å². The van der Waals surface area contributed by atoms with Crippen molar-refractivity contribution < 1.29 is 0 Å². The Kier molecular flexibility index (Phi) is 3.42. The second-order valence-corrected chi connectivity index (χ2v) is 5.97. The number of hydrogen-bond acceptors (Lipinski definition) is 3. The number of aryl methyl sites for hydroxylation is 1. The van der Waals surface area contributed by atoms with Crippen molar-refractivity contribution in [1.82, 2.24) is 9.97 Å². The van der Waals surface area contributed by atoms with E-state index in [-0.39, 0.29) is 0 Å². The van der Waals surface area contributed by atoms with Crippen LogP contribution in [0.2, 0.25) is 5.15 Å². The number of hydrogen-bond donors (Lipinski definition) is 1. The maximum Gasteiger partial charge on any atom is 0.134 e. The van der Waals surface area contributed by atoms with Crippen molar-refractivity contribution in [3.05, 3.63) is 17.0 Å². The Balaban J connectivity index is 1.73. The van der Waals surface area contributed by atoms with E-state index in [1.54, 1.807) is 0 Å². The van der Waals surface area contributed by atoms with Gasteiger partial charge in [-0.3, -0.25) is 0 Å². The van der Waals surface area contributed by atoms with E-state index >= 15 is 0 Å². The molecule has 2 saturated carbocycles. The predicted molar refractivity (Wildman–Crippen MR) is 73.9 cm³/mol. The van der Waals surface area contributed by atoms with Crippen LogP contribution in [0, 0.1) is 11.8 Å². The molecule has 1 aromatic heterocycles. The Bertz CT molecular complexity index is 415. The van der Waals surface area contributed by atoms with Crippen LogP contribution in [-0.4, -0.2) is 16.0 Å². The summed E-state index contributed by atoms with van der Waals surface area (Å²) in [6.45, 7) is 2.13. The van der Waals surface area contributed by atoms with Crippen molar-refractivity contribution in [2.45, 2.75) is 51.5 Å². The first-order valence-corrected chi connectivity index (χ1v) is 7.44. The summed E-state index contributed by atoms with van der Waals surface area (Å²) in [5.41, 5.74) is 0. The third-order valence-electron chi connectivity index (χ3n) is 3.79. The monoisotopic (exact) mass is 265 g/mol. The third kappa shape index (κ3) is 2.94. The first-order valence-electron chi connectivity index (χ1n) is 7.06. The van der Waals surface area contributed by atoms with E-state index < -0.39 is 0 Å². The van der Waals surface area contributed by atoms with Crippen molar-refractivity contribution in [2.75, 3.05) is 5.32 Å². The number of anilines is 1. The fourth-order valence-electron chi connectivity index (χ4n) is 2.58. The Morgan fingerprint density at radius 2 is 1.94 bits per heavy atom. The van der Waals surface area contributed by atoms with Gasteiger partial charge in [0.1, 0.15) is 16.8 Å². The maximum atomic E-state index is 6.07. The van der Waals surface area contributed by atoms with E-state index in [9.17, 15) is 0 Å². The largest absolute Gasteiger partial charge is 0.367 e. The van der Waals surface area contributed by atoms with Gasteiger partial charge in [0.05, 0.1) is 0 Å². The fraction of sp³-hybridized carbons (Fsp3) is 0.714. The SMILES string of the molecule is CCCc1nc(Cl)cc(NC(C2CC2)C2CC2)n1. The molecule has 0 unspecified atom stereocenters. The molecule has 1 aromatic rings. The first-order chi connectivity index (χ1) is 8.76. The molecule has 3 rings (SSSR count). The van der Waals surface area contributed by atoms with Crippen LogP contribution in [0.3, 0.4) is 0 Å². The summed E-state index contributed by atoms with van der Waals surface area (Å²) in [5.74, 6) is 3.50. The van der Waals surface area contributed by atoms with Crippen molar-refractivity contribution in [2.24, 2.45) is 11.8 Å². The Morgan fingerprint density at radius 3 is 2.50 bits per heavy atom. The van der Waals surface area contributed by atoms with Crippen molar-refractivity contribution in [1.29, 1.82) is 0 Å². The van der Waals surface area contributed by atoms with Crippen molar-refractivity contribution >= 4 is 17.4 Å². The standard InChI is InChI=1S/C14H20ClN3/c1-2-3-12-16-11(15)8-13(17-12)18-14(9-4-5-9)10-6-7-10/h8-10,14H,2-7H2,1H3,(H,16,17,18). The van der Waals surface area contributed by atoms with Gasteiger partial charge in [-0.2, -0.15) is 0 Å². The summed E-state index contributed by atoms with van der Waals surface area (Å²) in [6, 6.07) is 2.48.